The molecule has 0 spiro atoms. The molecule has 0 heterocycles. The number of hydrogen-bond donors (Lipinski definition) is 2. The molecule has 0 radical (unpaired) electrons. The van der Waals surface area contributed by atoms with Gasteiger partial charge in [-0.2, -0.15) is 5.10 Å². The molecule has 20 heavy (non-hydrogen) atoms. The van der Waals surface area contributed by atoms with Gasteiger partial charge in [0.15, 0.2) is 0 Å². The number of carbonyl (C=O) groups is 1. The Balaban J connectivity index is 2.11. The maximum Gasteiger partial charge on any atom is 0.271 e. The van der Waals surface area contributed by atoms with Gasteiger partial charge < -0.3 is 5.11 Å². The number of rotatable bonds is 3. The topological polar surface area (TPSA) is 61.7 Å². The van der Waals surface area contributed by atoms with Gasteiger partial charge in [-0.1, -0.05) is 23.7 Å². The molecule has 0 aliphatic carbocycles. The number of benzene rings is 2. The van der Waals surface area contributed by atoms with E-state index in [1.165, 1.54) is 0 Å². The third-order valence-corrected chi connectivity index (χ3v) is 2.98. The Morgan fingerprint density at radius 2 is 1.80 bits per heavy atom. The molecule has 4 nitrogen and oxygen atoms in total. The number of hydrazone groups is 1. The second kappa shape index (κ2) is 6.21. The lowest BCUT2D eigenvalue weighted by Crippen LogP contribution is -2.19. The summed E-state index contributed by atoms with van der Waals surface area (Å²) in [5.74, 6) is -0.217. The molecule has 5 heteroatoms. The van der Waals surface area contributed by atoms with Gasteiger partial charge in [0.1, 0.15) is 5.75 Å². The maximum atomic E-state index is 11.9. The molecular formula is C15H13ClN2O2. The molecule has 0 saturated heterocycles. The number of phenols is 1. The zero-order valence-corrected chi connectivity index (χ0v) is 11.6. The number of para-hydroxylation sites is 1. The quantitative estimate of drug-likeness (QED) is 0.673. The van der Waals surface area contributed by atoms with Crippen molar-refractivity contribution in [1.29, 1.82) is 0 Å². The van der Waals surface area contributed by atoms with Crippen LogP contribution in [0.2, 0.25) is 5.02 Å². The fourth-order valence-corrected chi connectivity index (χ4v) is 1.77. The van der Waals surface area contributed by atoms with Crippen molar-refractivity contribution in [2.45, 2.75) is 6.92 Å². The highest BCUT2D eigenvalue weighted by Gasteiger charge is 2.06. The third kappa shape index (κ3) is 3.36. The first-order valence-electron chi connectivity index (χ1n) is 5.96. The Kier molecular flexibility index (Phi) is 4.38. The van der Waals surface area contributed by atoms with Crippen LogP contribution in [0.4, 0.5) is 0 Å². The molecule has 0 aliphatic rings. The molecule has 0 aliphatic heterocycles. The average molecular weight is 289 g/mol. The van der Waals surface area contributed by atoms with E-state index in [4.69, 9.17) is 11.6 Å². The number of hydrogen-bond acceptors (Lipinski definition) is 3. The van der Waals surface area contributed by atoms with Crippen molar-refractivity contribution < 1.29 is 9.90 Å². The highest BCUT2D eigenvalue weighted by Crippen LogP contribution is 2.16. The molecule has 0 atom stereocenters. The highest BCUT2D eigenvalue weighted by atomic mass is 35.5. The highest BCUT2D eigenvalue weighted by molar-refractivity contribution is 6.30. The lowest BCUT2D eigenvalue weighted by molar-refractivity contribution is 0.0955. The Hall–Kier alpha value is -2.33. The molecular weight excluding hydrogens is 276 g/mol. The molecule has 2 aromatic carbocycles. The normalized spacial score (nSPS) is 11.2. The van der Waals surface area contributed by atoms with E-state index >= 15 is 0 Å². The minimum Gasteiger partial charge on any atom is -0.507 e. The van der Waals surface area contributed by atoms with Crippen LogP contribution < -0.4 is 5.43 Å². The third-order valence-electron chi connectivity index (χ3n) is 2.73. The zero-order valence-electron chi connectivity index (χ0n) is 10.8. The first-order chi connectivity index (χ1) is 9.58. The standard InChI is InChI=1S/C15H13ClN2O2/c1-10(13-4-2-3-5-14(13)19)17-18-15(20)11-6-8-12(16)9-7-11/h2-9,19H,1H3,(H,18,20). The summed E-state index contributed by atoms with van der Waals surface area (Å²) in [6, 6.07) is 13.3. The van der Waals surface area contributed by atoms with E-state index in [0.29, 0.717) is 21.9 Å². The van der Waals surface area contributed by atoms with Crippen LogP contribution in [0.1, 0.15) is 22.8 Å². The van der Waals surface area contributed by atoms with Crippen LogP contribution in [0.5, 0.6) is 5.75 Å². The van der Waals surface area contributed by atoms with Gasteiger partial charge in [0.2, 0.25) is 0 Å². The summed E-state index contributed by atoms with van der Waals surface area (Å²) in [4.78, 5) is 11.9. The molecule has 0 aromatic heterocycles. The Morgan fingerprint density at radius 1 is 1.15 bits per heavy atom. The first kappa shape index (κ1) is 14.1. The van der Waals surface area contributed by atoms with Crippen molar-refractivity contribution in [1.82, 2.24) is 5.43 Å². The summed E-state index contributed by atoms with van der Waals surface area (Å²) in [7, 11) is 0. The van der Waals surface area contributed by atoms with E-state index in [1.807, 2.05) is 0 Å². The summed E-state index contributed by atoms with van der Waals surface area (Å²) in [6.45, 7) is 1.71. The van der Waals surface area contributed by atoms with E-state index < -0.39 is 0 Å². The lowest BCUT2D eigenvalue weighted by Gasteiger charge is -2.04. The maximum absolute atomic E-state index is 11.9. The summed E-state index contributed by atoms with van der Waals surface area (Å²) in [5, 5.41) is 14.2. The number of carbonyl (C=O) groups excluding carboxylic acids is 1. The van der Waals surface area contributed by atoms with Gasteiger partial charge in [-0.3, -0.25) is 4.79 Å². The molecule has 1 amide bonds. The van der Waals surface area contributed by atoms with E-state index in [0.717, 1.165) is 0 Å². The summed E-state index contributed by atoms with van der Waals surface area (Å²) in [6.07, 6.45) is 0. The van der Waals surface area contributed by atoms with Crippen molar-refractivity contribution in [3.05, 3.63) is 64.7 Å². The number of halogens is 1. The number of nitrogens with one attached hydrogen (secondary N) is 1. The van der Waals surface area contributed by atoms with Crippen molar-refractivity contribution >= 4 is 23.2 Å². The monoisotopic (exact) mass is 288 g/mol. The lowest BCUT2D eigenvalue weighted by atomic mass is 10.1. The summed E-state index contributed by atoms with van der Waals surface area (Å²) in [5.41, 5.74) is 3.99. The molecule has 2 rings (SSSR count). The minimum atomic E-state index is -0.337. The van der Waals surface area contributed by atoms with Crippen molar-refractivity contribution in [2.75, 3.05) is 0 Å². The average Bonchev–Trinajstić information content (AvgIpc) is 2.45. The van der Waals surface area contributed by atoms with E-state index in [1.54, 1.807) is 55.5 Å². The van der Waals surface area contributed by atoms with Crippen LogP contribution in [0.3, 0.4) is 0 Å². The minimum absolute atomic E-state index is 0.120. The molecule has 2 aromatic rings. The molecule has 2 N–H and O–H groups in total. The van der Waals surface area contributed by atoms with Crippen LogP contribution in [-0.2, 0) is 0 Å². The number of phenolic OH excluding ortho intramolecular Hbond substituents is 1. The Morgan fingerprint density at radius 3 is 2.45 bits per heavy atom. The van der Waals surface area contributed by atoms with E-state index in [9.17, 15) is 9.90 Å². The Bertz CT molecular complexity index is 651. The molecule has 0 saturated carbocycles. The van der Waals surface area contributed by atoms with Gasteiger partial charge in [-0.25, -0.2) is 5.43 Å². The first-order valence-corrected chi connectivity index (χ1v) is 6.34. The van der Waals surface area contributed by atoms with Gasteiger partial charge in [0.05, 0.1) is 5.71 Å². The fraction of sp³-hybridized carbons (Fsp3) is 0.0667. The van der Waals surface area contributed by atoms with Gasteiger partial charge in [0, 0.05) is 16.1 Å². The van der Waals surface area contributed by atoms with Gasteiger partial charge >= 0.3 is 0 Å². The van der Waals surface area contributed by atoms with Crippen LogP contribution in [0.15, 0.2) is 53.6 Å². The van der Waals surface area contributed by atoms with Gasteiger partial charge in [0.25, 0.3) is 5.91 Å². The second-order valence-corrected chi connectivity index (χ2v) is 4.60. The fourth-order valence-electron chi connectivity index (χ4n) is 1.64. The number of amides is 1. The molecule has 0 bridgehead atoms. The van der Waals surface area contributed by atoms with E-state index in [-0.39, 0.29) is 11.7 Å². The largest absolute Gasteiger partial charge is 0.507 e. The van der Waals surface area contributed by atoms with Crippen LogP contribution in [-0.4, -0.2) is 16.7 Å². The van der Waals surface area contributed by atoms with Gasteiger partial charge in [-0.15, -0.1) is 0 Å². The van der Waals surface area contributed by atoms with Crippen molar-refractivity contribution in [3.63, 3.8) is 0 Å². The van der Waals surface area contributed by atoms with Crippen LogP contribution in [0, 0.1) is 0 Å². The second-order valence-electron chi connectivity index (χ2n) is 4.16. The SMILES string of the molecule is CC(=NNC(=O)c1ccc(Cl)cc1)c1ccccc1O. The summed E-state index contributed by atoms with van der Waals surface area (Å²) < 4.78 is 0. The molecule has 0 fully saturated rings. The van der Waals surface area contributed by atoms with Gasteiger partial charge in [-0.05, 0) is 43.3 Å². The molecule has 0 unspecified atom stereocenters. The smallest absolute Gasteiger partial charge is 0.271 e. The summed E-state index contributed by atoms with van der Waals surface area (Å²) >= 11 is 5.75. The predicted octanol–water partition coefficient (Wildman–Crippen LogP) is 3.20. The van der Waals surface area contributed by atoms with Crippen molar-refractivity contribution in [3.8, 4) is 5.75 Å². The zero-order chi connectivity index (χ0) is 14.5. The number of aromatic hydroxyl groups is 1. The van der Waals surface area contributed by atoms with Crippen molar-refractivity contribution in [2.24, 2.45) is 5.10 Å². The molecule has 102 valence electrons. The Labute approximate surface area is 121 Å². The predicted molar refractivity (Wildman–Crippen MR) is 79.2 cm³/mol. The van der Waals surface area contributed by atoms with Crippen LogP contribution >= 0.6 is 11.6 Å². The van der Waals surface area contributed by atoms with Crippen LogP contribution in [0.25, 0.3) is 0 Å². The van der Waals surface area contributed by atoms with E-state index in [2.05, 4.69) is 10.5 Å². The number of nitrogens with zero attached hydrogens (tertiary/aromatic N) is 1.